The first-order chi connectivity index (χ1) is 10.0. The molecule has 0 radical (unpaired) electrons. The van der Waals surface area contributed by atoms with Crippen molar-refractivity contribution in [1.82, 2.24) is 0 Å². The van der Waals surface area contributed by atoms with Gasteiger partial charge in [-0.1, -0.05) is 49.8 Å². The van der Waals surface area contributed by atoms with Gasteiger partial charge in [0.15, 0.2) is 0 Å². The van der Waals surface area contributed by atoms with E-state index in [1.54, 1.807) is 0 Å². The predicted molar refractivity (Wildman–Crippen MR) is 88.5 cm³/mol. The fraction of sp³-hybridized carbons (Fsp3) is 0.526. The fourth-order valence-electron chi connectivity index (χ4n) is 2.17. The summed E-state index contributed by atoms with van der Waals surface area (Å²) < 4.78 is 5.19. The molecular weight excluding hydrogens is 260 g/mol. The van der Waals surface area contributed by atoms with Gasteiger partial charge in [0.05, 0.1) is 0 Å². The number of hydrogen-bond donors (Lipinski definition) is 0. The van der Waals surface area contributed by atoms with Crippen LogP contribution in [0, 0.1) is 6.92 Å². The maximum atomic E-state index is 11.3. The molecule has 0 aromatic heterocycles. The lowest BCUT2D eigenvalue weighted by Gasteiger charge is -2.11. The third kappa shape index (κ3) is 7.12. The molecule has 0 heterocycles. The molecule has 0 aliphatic carbocycles. The van der Waals surface area contributed by atoms with Crippen molar-refractivity contribution in [2.45, 2.75) is 59.3 Å². The van der Waals surface area contributed by atoms with E-state index < -0.39 is 0 Å². The smallest absolute Gasteiger partial charge is 0.306 e. The van der Waals surface area contributed by atoms with E-state index in [4.69, 9.17) is 4.74 Å². The van der Waals surface area contributed by atoms with E-state index in [-0.39, 0.29) is 5.97 Å². The van der Waals surface area contributed by atoms with E-state index in [0.29, 0.717) is 18.9 Å². The van der Waals surface area contributed by atoms with Gasteiger partial charge in [-0.3, -0.25) is 4.79 Å². The van der Waals surface area contributed by atoms with Gasteiger partial charge >= 0.3 is 5.97 Å². The fourth-order valence-corrected chi connectivity index (χ4v) is 2.17. The Bertz CT molecular complexity index is 457. The molecule has 0 saturated heterocycles. The molecule has 0 aliphatic heterocycles. The first-order valence-corrected chi connectivity index (χ1v) is 7.90. The number of hydrogen-bond acceptors (Lipinski definition) is 2. The van der Waals surface area contributed by atoms with Crippen LogP contribution in [-0.4, -0.2) is 12.6 Å². The lowest BCUT2D eigenvalue weighted by Crippen LogP contribution is -2.05. The second kappa shape index (κ2) is 9.38. The first-order valence-electron chi connectivity index (χ1n) is 7.90. The molecule has 0 N–H and O–H groups in total. The molecule has 0 spiro atoms. The Balaban J connectivity index is 2.32. The van der Waals surface area contributed by atoms with Crippen molar-refractivity contribution in [2.24, 2.45) is 0 Å². The molecule has 2 heteroatoms. The standard InChI is InChI=1S/C19H28O2/c1-5-7-19(20)21-14-16(3)8-6-9-17(4)18-12-10-15(2)11-13-18/h8,10-13,17H,5-7,9,14H2,1-4H3/b16-8+/t17-/m0/s1. The zero-order valence-electron chi connectivity index (χ0n) is 13.8. The minimum Gasteiger partial charge on any atom is -0.461 e. The third-order valence-electron chi connectivity index (χ3n) is 3.65. The summed E-state index contributed by atoms with van der Waals surface area (Å²) in [6.45, 7) is 8.80. The second-order valence-electron chi connectivity index (χ2n) is 5.85. The van der Waals surface area contributed by atoms with E-state index in [1.807, 2.05) is 13.8 Å². The average molecular weight is 288 g/mol. The molecular formula is C19H28O2. The number of carbonyl (C=O) groups excluding carboxylic acids is 1. The van der Waals surface area contributed by atoms with E-state index in [0.717, 1.165) is 24.8 Å². The summed E-state index contributed by atoms with van der Waals surface area (Å²) in [4.78, 5) is 11.3. The van der Waals surface area contributed by atoms with Crippen LogP contribution in [0.4, 0.5) is 0 Å². The molecule has 116 valence electrons. The summed E-state index contributed by atoms with van der Waals surface area (Å²) in [5, 5.41) is 0. The first kappa shape index (κ1) is 17.5. The van der Waals surface area contributed by atoms with Crippen LogP contribution in [0.1, 0.15) is 63.5 Å². The highest BCUT2D eigenvalue weighted by Crippen LogP contribution is 2.21. The van der Waals surface area contributed by atoms with Gasteiger partial charge in [-0.05, 0) is 50.2 Å². The van der Waals surface area contributed by atoms with E-state index in [2.05, 4.69) is 44.2 Å². The lowest BCUT2D eigenvalue weighted by molar-refractivity contribution is -0.142. The molecule has 0 bridgehead atoms. The Labute approximate surface area is 129 Å². The van der Waals surface area contributed by atoms with Gasteiger partial charge < -0.3 is 4.74 Å². The zero-order valence-corrected chi connectivity index (χ0v) is 13.8. The second-order valence-corrected chi connectivity index (χ2v) is 5.85. The highest BCUT2D eigenvalue weighted by molar-refractivity contribution is 5.69. The number of allylic oxidation sites excluding steroid dienone is 1. The molecule has 0 unspecified atom stereocenters. The Morgan fingerprint density at radius 3 is 2.57 bits per heavy atom. The topological polar surface area (TPSA) is 26.3 Å². The van der Waals surface area contributed by atoms with Crippen LogP contribution in [0.15, 0.2) is 35.9 Å². The van der Waals surface area contributed by atoms with Gasteiger partial charge in [0.1, 0.15) is 6.61 Å². The molecule has 21 heavy (non-hydrogen) atoms. The summed E-state index contributed by atoms with van der Waals surface area (Å²) in [6, 6.07) is 8.76. The number of rotatable bonds is 8. The summed E-state index contributed by atoms with van der Waals surface area (Å²) in [7, 11) is 0. The lowest BCUT2D eigenvalue weighted by atomic mass is 9.95. The van der Waals surface area contributed by atoms with Crippen molar-refractivity contribution in [3.8, 4) is 0 Å². The highest BCUT2D eigenvalue weighted by Gasteiger charge is 2.05. The molecule has 2 nitrogen and oxygen atoms in total. The zero-order chi connectivity index (χ0) is 15.7. The number of esters is 1. The number of carbonyl (C=O) groups is 1. The normalized spacial score (nSPS) is 13.0. The SMILES string of the molecule is CCCC(=O)OC/C(C)=C/CC[C@H](C)c1ccc(C)cc1. The molecule has 1 aromatic carbocycles. The largest absolute Gasteiger partial charge is 0.461 e. The molecule has 0 saturated carbocycles. The summed E-state index contributed by atoms with van der Waals surface area (Å²) in [5.74, 6) is 0.454. The molecule has 1 rings (SSSR count). The van der Waals surface area contributed by atoms with Crippen molar-refractivity contribution in [1.29, 1.82) is 0 Å². The van der Waals surface area contributed by atoms with E-state index in [9.17, 15) is 4.79 Å². The summed E-state index contributed by atoms with van der Waals surface area (Å²) in [6.07, 6.45) is 5.67. The third-order valence-corrected chi connectivity index (χ3v) is 3.65. The van der Waals surface area contributed by atoms with Crippen LogP contribution in [0.5, 0.6) is 0 Å². The van der Waals surface area contributed by atoms with Crippen LogP contribution in [0.3, 0.4) is 0 Å². The van der Waals surface area contributed by atoms with Crippen molar-refractivity contribution in [3.05, 3.63) is 47.0 Å². The Morgan fingerprint density at radius 2 is 1.95 bits per heavy atom. The predicted octanol–water partition coefficient (Wildman–Crippen LogP) is 5.17. The van der Waals surface area contributed by atoms with E-state index in [1.165, 1.54) is 11.1 Å². The number of aryl methyl sites for hydroxylation is 1. The summed E-state index contributed by atoms with van der Waals surface area (Å²) in [5.41, 5.74) is 3.83. The number of ether oxygens (including phenoxy) is 1. The van der Waals surface area contributed by atoms with Crippen molar-refractivity contribution < 1.29 is 9.53 Å². The van der Waals surface area contributed by atoms with Crippen LogP contribution >= 0.6 is 0 Å². The Hall–Kier alpha value is -1.57. The maximum Gasteiger partial charge on any atom is 0.306 e. The maximum absolute atomic E-state index is 11.3. The van der Waals surface area contributed by atoms with Gasteiger partial charge in [0, 0.05) is 6.42 Å². The van der Waals surface area contributed by atoms with Crippen molar-refractivity contribution in [3.63, 3.8) is 0 Å². The highest BCUT2D eigenvalue weighted by atomic mass is 16.5. The molecule has 0 aliphatic rings. The minimum absolute atomic E-state index is 0.0988. The van der Waals surface area contributed by atoms with Crippen LogP contribution in [0.25, 0.3) is 0 Å². The van der Waals surface area contributed by atoms with Crippen LogP contribution in [0.2, 0.25) is 0 Å². The van der Waals surface area contributed by atoms with Crippen molar-refractivity contribution in [2.75, 3.05) is 6.61 Å². The Kier molecular flexibility index (Phi) is 7.81. The quantitative estimate of drug-likeness (QED) is 0.487. The van der Waals surface area contributed by atoms with Gasteiger partial charge in [-0.15, -0.1) is 0 Å². The van der Waals surface area contributed by atoms with Crippen LogP contribution < -0.4 is 0 Å². The van der Waals surface area contributed by atoms with Crippen LogP contribution in [-0.2, 0) is 9.53 Å². The molecule has 1 aromatic rings. The monoisotopic (exact) mass is 288 g/mol. The van der Waals surface area contributed by atoms with Gasteiger partial charge in [-0.2, -0.15) is 0 Å². The molecule has 1 atom stereocenters. The van der Waals surface area contributed by atoms with Gasteiger partial charge in [-0.25, -0.2) is 0 Å². The summed E-state index contributed by atoms with van der Waals surface area (Å²) >= 11 is 0. The molecule has 0 amide bonds. The van der Waals surface area contributed by atoms with E-state index >= 15 is 0 Å². The van der Waals surface area contributed by atoms with Crippen molar-refractivity contribution >= 4 is 5.97 Å². The Morgan fingerprint density at radius 1 is 1.29 bits per heavy atom. The minimum atomic E-state index is -0.0988. The molecule has 0 fully saturated rings. The van der Waals surface area contributed by atoms with Gasteiger partial charge in [0.2, 0.25) is 0 Å². The average Bonchev–Trinajstić information content (AvgIpc) is 2.46. The van der Waals surface area contributed by atoms with Gasteiger partial charge in [0.25, 0.3) is 0 Å². The number of benzene rings is 1.